The van der Waals surface area contributed by atoms with Crippen LogP contribution in [0.4, 0.5) is 0 Å². The van der Waals surface area contributed by atoms with Gasteiger partial charge >= 0.3 is 0 Å². The number of aromatic nitrogens is 1. The number of nitrogens with zero attached hydrogens (tertiary/aromatic N) is 1. The number of rotatable bonds is 10. The van der Waals surface area contributed by atoms with Crippen LogP contribution in [0.1, 0.15) is 49.0 Å². The minimum Gasteiger partial charge on any atom is -0.496 e. The minimum atomic E-state index is -0.765. The van der Waals surface area contributed by atoms with Crippen LogP contribution in [0, 0.1) is 29.1 Å². The molecule has 8 nitrogen and oxygen atoms in total. The molecule has 0 radical (unpaired) electrons. The Labute approximate surface area is 197 Å². The van der Waals surface area contributed by atoms with Gasteiger partial charge in [-0.05, 0) is 43.4 Å². The Kier molecular flexibility index (Phi) is 6.89. The number of carbonyl (C=O) groups is 3. The molecule has 1 aliphatic carbocycles. The van der Waals surface area contributed by atoms with Crippen molar-refractivity contribution in [2.75, 3.05) is 13.7 Å². The zero-order valence-corrected chi connectivity index (χ0v) is 19.2. The van der Waals surface area contributed by atoms with Crippen molar-refractivity contribution in [3.63, 3.8) is 0 Å². The summed E-state index contributed by atoms with van der Waals surface area (Å²) < 4.78 is 5.36. The van der Waals surface area contributed by atoms with Gasteiger partial charge in [0.1, 0.15) is 11.8 Å². The number of nitriles is 1. The first-order valence-electron chi connectivity index (χ1n) is 11.3. The first-order chi connectivity index (χ1) is 15.9. The summed E-state index contributed by atoms with van der Waals surface area (Å²) in [4.78, 5) is 41.1. The van der Waals surface area contributed by atoms with Crippen LogP contribution in [0.2, 0.25) is 5.02 Å². The zero-order chi connectivity index (χ0) is 23.5. The van der Waals surface area contributed by atoms with Crippen LogP contribution in [0.25, 0.3) is 10.9 Å². The van der Waals surface area contributed by atoms with Crippen LogP contribution in [0.15, 0.2) is 18.2 Å². The monoisotopic (exact) mass is 470 g/mol. The minimum absolute atomic E-state index is 0.0250. The van der Waals surface area contributed by atoms with Gasteiger partial charge in [0, 0.05) is 30.2 Å². The van der Waals surface area contributed by atoms with Gasteiger partial charge in [-0.15, -0.1) is 0 Å². The molecule has 2 aliphatic rings. The van der Waals surface area contributed by atoms with E-state index in [-0.39, 0.29) is 36.4 Å². The molecule has 1 aromatic carbocycles. The number of H-pyrrole nitrogens is 1. The quantitative estimate of drug-likeness (QED) is 0.459. The van der Waals surface area contributed by atoms with Gasteiger partial charge in [0.2, 0.25) is 11.8 Å². The van der Waals surface area contributed by atoms with Crippen molar-refractivity contribution in [1.29, 1.82) is 5.26 Å². The van der Waals surface area contributed by atoms with Crippen LogP contribution < -0.4 is 15.4 Å². The standard InChI is InChI=1S/C24H27ClN4O4/c1-33-21-5-4-18(25)22-17(21)11-19(29-22)20(30)10-15(8-13-2-3-13)24(32)28-16(12-26)9-14-6-7-27-23(14)31/h4-5,11,13-16,29H,2-3,6-10H2,1H3,(H,27,31)(H,28,32)/t14-,15+,16-/m0/s1. The van der Waals surface area contributed by atoms with Gasteiger partial charge in [0.15, 0.2) is 5.78 Å². The van der Waals surface area contributed by atoms with Gasteiger partial charge in [-0.2, -0.15) is 5.26 Å². The van der Waals surface area contributed by atoms with Gasteiger partial charge in [-0.1, -0.05) is 24.4 Å². The predicted molar refractivity (Wildman–Crippen MR) is 123 cm³/mol. The fourth-order valence-corrected chi connectivity index (χ4v) is 4.66. The molecular formula is C24H27ClN4O4. The second-order valence-corrected chi connectivity index (χ2v) is 9.33. The Hall–Kier alpha value is -3.05. The topological polar surface area (TPSA) is 124 Å². The number of amides is 2. The average Bonchev–Trinajstić information content (AvgIpc) is 3.34. The van der Waals surface area contributed by atoms with Gasteiger partial charge in [-0.25, -0.2) is 0 Å². The highest BCUT2D eigenvalue weighted by atomic mass is 35.5. The molecule has 2 amide bonds. The van der Waals surface area contributed by atoms with E-state index in [0.717, 1.165) is 12.8 Å². The molecule has 1 saturated carbocycles. The number of hydrogen-bond acceptors (Lipinski definition) is 5. The van der Waals surface area contributed by atoms with Gasteiger partial charge < -0.3 is 20.4 Å². The maximum atomic E-state index is 13.1. The van der Waals surface area contributed by atoms with E-state index in [0.29, 0.717) is 52.7 Å². The molecule has 3 N–H and O–H groups in total. The van der Waals surface area contributed by atoms with Gasteiger partial charge in [0.25, 0.3) is 0 Å². The number of Topliss-reactive ketones (excluding diaryl/α,β-unsaturated/α-hetero) is 1. The van der Waals surface area contributed by atoms with Crippen molar-refractivity contribution in [2.45, 2.75) is 44.6 Å². The lowest BCUT2D eigenvalue weighted by Gasteiger charge is -2.19. The lowest BCUT2D eigenvalue weighted by Crippen LogP contribution is -2.40. The van der Waals surface area contributed by atoms with E-state index in [9.17, 15) is 19.6 Å². The smallest absolute Gasteiger partial charge is 0.224 e. The molecule has 33 heavy (non-hydrogen) atoms. The zero-order valence-electron chi connectivity index (χ0n) is 18.4. The number of carbonyl (C=O) groups excluding carboxylic acids is 3. The van der Waals surface area contributed by atoms with Crippen molar-refractivity contribution in [3.05, 3.63) is 28.9 Å². The molecule has 1 aromatic heterocycles. The lowest BCUT2D eigenvalue weighted by atomic mass is 9.93. The molecule has 4 rings (SSSR count). The molecule has 3 atom stereocenters. The molecule has 2 heterocycles. The van der Waals surface area contributed by atoms with Crippen molar-refractivity contribution in [1.82, 2.24) is 15.6 Å². The summed E-state index contributed by atoms with van der Waals surface area (Å²) in [5, 5.41) is 16.2. The molecule has 174 valence electrons. The van der Waals surface area contributed by atoms with Crippen LogP contribution in [-0.4, -0.2) is 42.3 Å². The second-order valence-electron chi connectivity index (χ2n) is 8.93. The highest BCUT2D eigenvalue weighted by molar-refractivity contribution is 6.35. The number of benzene rings is 1. The molecule has 0 bridgehead atoms. The van der Waals surface area contributed by atoms with Crippen LogP contribution in [0.3, 0.4) is 0 Å². The summed E-state index contributed by atoms with van der Waals surface area (Å²) in [5.74, 6) is -0.383. The molecule has 9 heteroatoms. The maximum absolute atomic E-state index is 13.1. The van der Waals surface area contributed by atoms with E-state index in [2.05, 4.69) is 21.7 Å². The first-order valence-corrected chi connectivity index (χ1v) is 11.6. The lowest BCUT2D eigenvalue weighted by molar-refractivity contribution is -0.127. The number of methoxy groups -OCH3 is 1. The third-order valence-electron chi connectivity index (χ3n) is 6.50. The summed E-state index contributed by atoms with van der Waals surface area (Å²) in [6.07, 6.45) is 3.64. The number of aromatic amines is 1. The molecule has 1 saturated heterocycles. The number of fused-ring (bicyclic) bond motifs is 1. The normalized spacial score (nSPS) is 19.5. The number of ketones is 1. The largest absolute Gasteiger partial charge is 0.496 e. The third kappa shape index (κ3) is 5.31. The highest BCUT2D eigenvalue weighted by Gasteiger charge is 2.34. The van der Waals surface area contributed by atoms with E-state index in [1.54, 1.807) is 25.3 Å². The van der Waals surface area contributed by atoms with E-state index < -0.39 is 12.0 Å². The molecule has 1 aliphatic heterocycles. The van der Waals surface area contributed by atoms with Crippen molar-refractivity contribution < 1.29 is 19.1 Å². The number of ether oxygens (including phenoxy) is 1. The summed E-state index contributed by atoms with van der Waals surface area (Å²) in [6, 6.07) is 6.47. The highest BCUT2D eigenvalue weighted by Crippen LogP contribution is 2.37. The summed E-state index contributed by atoms with van der Waals surface area (Å²) in [5.41, 5.74) is 0.978. The SMILES string of the molecule is COc1ccc(Cl)c2[nH]c(C(=O)C[C@@H](CC3CC3)C(=O)N[C@H](C#N)C[C@@H]3CCNC3=O)cc12. The Balaban J connectivity index is 1.47. The van der Waals surface area contributed by atoms with E-state index >= 15 is 0 Å². The summed E-state index contributed by atoms with van der Waals surface area (Å²) in [6.45, 7) is 0.591. The summed E-state index contributed by atoms with van der Waals surface area (Å²) >= 11 is 6.27. The first kappa shape index (κ1) is 23.1. The van der Waals surface area contributed by atoms with Crippen LogP contribution >= 0.6 is 11.6 Å². The third-order valence-corrected chi connectivity index (χ3v) is 6.81. The number of nitrogens with one attached hydrogen (secondary N) is 3. The molecule has 2 fully saturated rings. The Morgan fingerprint density at radius 2 is 2.09 bits per heavy atom. The number of hydrogen-bond donors (Lipinski definition) is 3. The van der Waals surface area contributed by atoms with Crippen molar-refractivity contribution >= 4 is 40.1 Å². The van der Waals surface area contributed by atoms with Crippen molar-refractivity contribution in [3.8, 4) is 11.8 Å². The van der Waals surface area contributed by atoms with E-state index in [1.165, 1.54) is 0 Å². The van der Waals surface area contributed by atoms with E-state index in [1.807, 2.05) is 0 Å². The molecule has 0 spiro atoms. The van der Waals surface area contributed by atoms with E-state index in [4.69, 9.17) is 16.3 Å². The Morgan fingerprint density at radius 1 is 1.30 bits per heavy atom. The molecular weight excluding hydrogens is 444 g/mol. The molecule has 2 aromatic rings. The summed E-state index contributed by atoms with van der Waals surface area (Å²) in [7, 11) is 1.55. The predicted octanol–water partition coefficient (Wildman–Crippen LogP) is 3.35. The molecule has 0 unspecified atom stereocenters. The Morgan fingerprint density at radius 3 is 2.73 bits per heavy atom. The number of halogens is 1. The van der Waals surface area contributed by atoms with Gasteiger partial charge in [0.05, 0.1) is 29.4 Å². The Bertz CT molecular complexity index is 1120. The fraction of sp³-hybridized carbons (Fsp3) is 0.500. The average molecular weight is 471 g/mol. The second kappa shape index (κ2) is 9.84. The maximum Gasteiger partial charge on any atom is 0.224 e. The van der Waals surface area contributed by atoms with Crippen molar-refractivity contribution in [2.24, 2.45) is 17.8 Å². The van der Waals surface area contributed by atoms with Crippen LogP contribution in [-0.2, 0) is 9.59 Å². The van der Waals surface area contributed by atoms with Gasteiger partial charge in [-0.3, -0.25) is 14.4 Å². The van der Waals surface area contributed by atoms with Crippen LogP contribution in [0.5, 0.6) is 5.75 Å². The fourth-order valence-electron chi connectivity index (χ4n) is 4.45.